The maximum Gasteiger partial charge on any atom is 0.329 e. The minimum absolute atomic E-state index is 0.172. The standard InChI is InChI=1S/C24H24INO6S/c1-5-31-23(28)15(3)26-22(27)20(33-24(26)29)12-17-10-18(25)21(19(11-17)30-4)32-13-16-8-6-14(2)7-9-16/h6-12,15H,5,13H2,1-4H3/b20-12+/t15-/m1/s1. The second-order valence-corrected chi connectivity index (χ2v) is 9.44. The van der Waals surface area contributed by atoms with Crippen LogP contribution < -0.4 is 9.47 Å². The van der Waals surface area contributed by atoms with Crippen molar-refractivity contribution in [2.45, 2.75) is 33.4 Å². The van der Waals surface area contributed by atoms with Crippen LogP contribution in [0.25, 0.3) is 6.08 Å². The number of rotatable bonds is 8. The molecule has 1 fully saturated rings. The van der Waals surface area contributed by atoms with Gasteiger partial charge in [0.2, 0.25) is 0 Å². The molecule has 0 unspecified atom stereocenters. The smallest absolute Gasteiger partial charge is 0.329 e. The number of carbonyl (C=O) groups is 3. The number of nitrogens with zero attached hydrogens (tertiary/aromatic N) is 1. The molecule has 0 aromatic heterocycles. The van der Waals surface area contributed by atoms with Crippen molar-refractivity contribution in [3.05, 3.63) is 61.6 Å². The lowest BCUT2D eigenvalue weighted by Gasteiger charge is -2.19. The number of benzene rings is 2. The molecule has 1 heterocycles. The van der Waals surface area contributed by atoms with Gasteiger partial charge in [-0.15, -0.1) is 0 Å². The first-order valence-electron chi connectivity index (χ1n) is 10.2. The van der Waals surface area contributed by atoms with Gasteiger partial charge in [0.1, 0.15) is 12.6 Å². The highest BCUT2D eigenvalue weighted by molar-refractivity contribution is 14.1. The molecule has 0 saturated carbocycles. The zero-order valence-electron chi connectivity index (χ0n) is 18.7. The average Bonchev–Trinajstić information content (AvgIpc) is 3.06. The van der Waals surface area contributed by atoms with Gasteiger partial charge in [0.15, 0.2) is 11.5 Å². The number of amides is 2. The summed E-state index contributed by atoms with van der Waals surface area (Å²) < 4.78 is 17.3. The Kier molecular flexibility index (Phi) is 8.41. The molecule has 7 nitrogen and oxygen atoms in total. The van der Waals surface area contributed by atoms with Gasteiger partial charge in [0.25, 0.3) is 11.1 Å². The summed E-state index contributed by atoms with van der Waals surface area (Å²) in [6.07, 6.45) is 1.61. The zero-order chi connectivity index (χ0) is 24.1. The van der Waals surface area contributed by atoms with Crippen LogP contribution in [-0.4, -0.2) is 41.8 Å². The Bertz CT molecular complexity index is 1100. The van der Waals surface area contributed by atoms with Crippen LogP contribution in [0.1, 0.15) is 30.5 Å². The molecule has 0 radical (unpaired) electrons. The predicted molar refractivity (Wildman–Crippen MR) is 135 cm³/mol. The van der Waals surface area contributed by atoms with Crippen LogP contribution in [0.4, 0.5) is 4.79 Å². The van der Waals surface area contributed by atoms with E-state index in [0.717, 1.165) is 25.8 Å². The van der Waals surface area contributed by atoms with Gasteiger partial charge < -0.3 is 14.2 Å². The summed E-state index contributed by atoms with van der Waals surface area (Å²) in [4.78, 5) is 38.4. The Morgan fingerprint density at radius 1 is 1.21 bits per heavy atom. The molecule has 0 bridgehead atoms. The molecule has 1 aliphatic heterocycles. The van der Waals surface area contributed by atoms with Crippen molar-refractivity contribution in [2.75, 3.05) is 13.7 Å². The largest absolute Gasteiger partial charge is 0.493 e. The first-order valence-corrected chi connectivity index (χ1v) is 12.1. The summed E-state index contributed by atoms with van der Waals surface area (Å²) in [6.45, 7) is 5.73. The minimum atomic E-state index is -0.990. The molecule has 0 N–H and O–H groups in total. The van der Waals surface area contributed by atoms with Crippen molar-refractivity contribution in [2.24, 2.45) is 0 Å². The molecule has 9 heteroatoms. The summed E-state index contributed by atoms with van der Waals surface area (Å²) in [5.74, 6) is -0.0363. The van der Waals surface area contributed by atoms with Gasteiger partial charge in [-0.2, -0.15) is 0 Å². The molecule has 2 amide bonds. The molecule has 1 saturated heterocycles. The molecule has 1 aliphatic rings. The number of imide groups is 1. The second-order valence-electron chi connectivity index (χ2n) is 7.29. The average molecular weight is 581 g/mol. The molecule has 2 aromatic rings. The molecular formula is C24H24INO6S. The number of esters is 1. The van der Waals surface area contributed by atoms with Crippen LogP contribution in [0, 0.1) is 10.5 Å². The van der Waals surface area contributed by atoms with Gasteiger partial charge in [-0.3, -0.25) is 14.5 Å². The number of halogens is 1. The summed E-state index contributed by atoms with van der Waals surface area (Å²) in [5.41, 5.74) is 2.89. The van der Waals surface area contributed by atoms with Crippen LogP contribution in [0.5, 0.6) is 11.5 Å². The maximum atomic E-state index is 12.8. The lowest BCUT2D eigenvalue weighted by atomic mass is 10.1. The molecule has 3 rings (SSSR count). The van der Waals surface area contributed by atoms with Crippen LogP contribution in [0.15, 0.2) is 41.3 Å². The second kappa shape index (κ2) is 11.1. The van der Waals surface area contributed by atoms with E-state index >= 15 is 0 Å². The molecule has 0 aliphatic carbocycles. The highest BCUT2D eigenvalue weighted by Crippen LogP contribution is 2.38. The van der Waals surface area contributed by atoms with Crippen molar-refractivity contribution in [1.82, 2.24) is 4.90 Å². The minimum Gasteiger partial charge on any atom is -0.493 e. The maximum absolute atomic E-state index is 12.8. The van der Waals surface area contributed by atoms with E-state index in [1.54, 1.807) is 26.2 Å². The van der Waals surface area contributed by atoms with Gasteiger partial charge in [-0.05, 0) is 84.5 Å². The number of methoxy groups -OCH3 is 1. The van der Waals surface area contributed by atoms with Crippen LogP contribution in [-0.2, 0) is 20.9 Å². The first-order chi connectivity index (χ1) is 15.7. The third-order valence-corrected chi connectivity index (χ3v) is 6.58. The number of hydrogen-bond donors (Lipinski definition) is 0. The van der Waals surface area contributed by atoms with E-state index in [1.807, 2.05) is 37.3 Å². The lowest BCUT2D eigenvalue weighted by molar-refractivity contribution is -0.150. The van der Waals surface area contributed by atoms with Crippen molar-refractivity contribution < 1.29 is 28.6 Å². The predicted octanol–water partition coefficient (Wildman–Crippen LogP) is 5.18. The topological polar surface area (TPSA) is 82.1 Å². The van der Waals surface area contributed by atoms with E-state index in [9.17, 15) is 14.4 Å². The van der Waals surface area contributed by atoms with Crippen molar-refractivity contribution in [3.63, 3.8) is 0 Å². The van der Waals surface area contributed by atoms with Crippen molar-refractivity contribution >= 4 is 57.5 Å². The van der Waals surface area contributed by atoms with E-state index in [2.05, 4.69) is 22.6 Å². The Morgan fingerprint density at radius 2 is 1.91 bits per heavy atom. The van der Waals surface area contributed by atoms with E-state index in [1.165, 1.54) is 12.5 Å². The fourth-order valence-corrected chi connectivity index (χ4v) is 4.83. The normalized spacial score (nSPS) is 15.7. The summed E-state index contributed by atoms with van der Waals surface area (Å²) in [6, 6.07) is 10.7. The van der Waals surface area contributed by atoms with E-state index < -0.39 is 23.2 Å². The van der Waals surface area contributed by atoms with Crippen LogP contribution in [0.2, 0.25) is 0 Å². The van der Waals surface area contributed by atoms with E-state index in [0.29, 0.717) is 23.7 Å². The fraction of sp³-hybridized carbons (Fsp3) is 0.292. The number of ether oxygens (including phenoxy) is 3. The number of carbonyl (C=O) groups excluding carboxylic acids is 3. The van der Waals surface area contributed by atoms with Gasteiger partial charge in [-0.1, -0.05) is 29.8 Å². The van der Waals surface area contributed by atoms with Gasteiger partial charge in [-0.25, -0.2) is 4.79 Å². The van der Waals surface area contributed by atoms with Crippen LogP contribution >= 0.6 is 34.4 Å². The monoisotopic (exact) mass is 581 g/mol. The number of thioether (sulfide) groups is 1. The Morgan fingerprint density at radius 3 is 2.55 bits per heavy atom. The van der Waals surface area contributed by atoms with Gasteiger partial charge in [0.05, 0.1) is 22.2 Å². The van der Waals surface area contributed by atoms with Crippen molar-refractivity contribution in [1.29, 1.82) is 0 Å². The Balaban J connectivity index is 1.81. The lowest BCUT2D eigenvalue weighted by Crippen LogP contribution is -2.42. The SMILES string of the molecule is CCOC(=O)[C@@H](C)N1C(=O)S/C(=C/c2cc(I)c(OCc3ccc(C)cc3)c(OC)c2)C1=O. The third-order valence-electron chi connectivity index (χ3n) is 4.89. The fourth-order valence-electron chi connectivity index (χ4n) is 3.14. The van der Waals surface area contributed by atoms with E-state index in [4.69, 9.17) is 14.2 Å². The quantitative estimate of drug-likeness (QED) is 0.242. The molecule has 1 atom stereocenters. The third kappa shape index (κ3) is 5.89. The van der Waals surface area contributed by atoms with Crippen LogP contribution in [0.3, 0.4) is 0 Å². The summed E-state index contributed by atoms with van der Waals surface area (Å²) in [5, 5.41) is -0.508. The molecule has 174 valence electrons. The summed E-state index contributed by atoms with van der Waals surface area (Å²) >= 11 is 2.94. The Hall–Kier alpha value is -2.53. The molecule has 0 spiro atoms. The number of hydrogen-bond acceptors (Lipinski definition) is 7. The highest BCUT2D eigenvalue weighted by Gasteiger charge is 2.41. The van der Waals surface area contributed by atoms with Gasteiger partial charge >= 0.3 is 5.97 Å². The van der Waals surface area contributed by atoms with E-state index in [-0.39, 0.29) is 11.5 Å². The van der Waals surface area contributed by atoms with Gasteiger partial charge in [0, 0.05) is 0 Å². The Labute approximate surface area is 210 Å². The first kappa shape index (κ1) is 25.1. The highest BCUT2D eigenvalue weighted by atomic mass is 127. The molecular weight excluding hydrogens is 557 g/mol. The molecule has 2 aromatic carbocycles. The van der Waals surface area contributed by atoms with Crippen molar-refractivity contribution in [3.8, 4) is 11.5 Å². The zero-order valence-corrected chi connectivity index (χ0v) is 21.7. The molecule has 33 heavy (non-hydrogen) atoms. The summed E-state index contributed by atoms with van der Waals surface area (Å²) in [7, 11) is 1.54. The number of aryl methyl sites for hydroxylation is 1.